The van der Waals surface area contributed by atoms with Crippen molar-refractivity contribution < 1.29 is 14.6 Å². The second kappa shape index (κ2) is 7.20. The number of hydrogen-bond donors (Lipinski definition) is 1. The molecule has 22 heavy (non-hydrogen) atoms. The highest BCUT2D eigenvalue weighted by molar-refractivity contribution is 5.77. The number of amides is 1. The zero-order valence-corrected chi connectivity index (χ0v) is 12.9. The van der Waals surface area contributed by atoms with E-state index >= 15 is 0 Å². The Morgan fingerprint density at radius 3 is 3.05 bits per heavy atom. The molecule has 120 valence electrons. The predicted octanol–water partition coefficient (Wildman–Crippen LogP) is 1.40. The van der Waals surface area contributed by atoms with E-state index in [0.717, 1.165) is 25.0 Å². The number of rotatable bonds is 4. The van der Waals surface area contributed by atoms with Crippen LogP contribution in [0.25, 0.3) is 0 Å². The Morgan fingerprint density at radius 1 is 1.41 bits per heavy atom. The van der Waals surface area contributed by atoms with Crippen molar-refractivity contribution in [1.29, 1.82) is 0 Å². The summed E-state index contributed by atoms with van der Waals surface area (Å²) in [4.78, 5) is 18.8. The third-order valence-corrected chi connectivity index (χ3v) is 4.83. The Morgan fingerprint density at radius 2 is 2.32 bits per heavy atom. The van der Waals surface area contributed by atoms with Gasteiger partial charge in [0, 0.05) is 30.8 Å². The van der Waals surface area contributed by atoms with Gasteiger partial charge < -0.3 is 14.7 Å². The van der Waals surface area contributed by atoms with Gasteiger partial charge in [0.1, 0.15) is 0 Å². The molecule has 0 bridgehead atoms. The van der Waals surface area contributed by atoms with Gasteiger partial charge in [-0.1, -0.05) is 12.5 Å². The van der Waals surface area contributed by atoms with Crippen LogP contribution in [0, 0.1) is 5.92 Å². The first kappa shape index (κ1) is 15.4. The molecule has 3 rings (SSSR count). The lowest BCUT2D eigenvalue weighted by Crippen LogP contribution is -2.53. The fourth-order valence-corrected chi connectivity index (χ4v) is 3.63. The van der Waals surface area contributed by atoms with Crippen LogP contribution in [0.3, 0.4) is 0 Å². The molecule has 1 saturated carbocycles. The van der Waals surface area contributed by atoms with Gasteiger partial charge in [-0.3, -0.25) is 9.78 Å². The number of nitrogens with zero attached hydrogens (tertiary/aromatic N) is 2. The summed E-state index contributed by atoms with van der Waals surface area (Å²) < 4.78 is 5.57. The van der Waals surface area contributed by atoms with E-state index in [2.05, 4.69) is 4.98 Å². The number of aromatic nitrogens is 1. The van der Waals surface area contributed by atoms with Crippen LogP contribution in [0.1, 0.15) is 31.4 Å². The Labute approximate surface area is 131 Å². The third-order valence-electron chi connectivity index (χ3n) is 4.83. The van der Waals surface area contributed by atoms with Gasteiger partial charge in [0.05, 0.1) is 25.4 Å². The van der Waals surface area contributed by atoms with E-state index in [-0.39, 0.29) is 24.0 Å². The van der Waals surface area contributed by atoms with Crippen molar-refractivity contribution in [3.8, 4) is 0 Å². The maximum Gasteiger partial charge on any atom is 0.223 e. The summed E-state index contributed by atoms with van der Waals surface area (Å²) in [5, 5.41) is 10.1. The van der Waals surface area contributed by atoms with Crippen LogP contribution in [-0.4, -0.2) is 52.8 Å². The van der Waals surface area contributed by atoms with Crippen molar-refractivity contribution in [3.05, 3.63) is 30.1 Å². The number of hydrogen-bond acceptors (Lipinski definition) is 4. The fourth-order valence-electron chi connectivity index (χ4n) is 3.63. The van der Waals surface area contributed by atoms with Crippen molar-refractivity contribution in [2.75, 3.05) is 19.8 Å². The Hall–Kier alpha value is -1.46. The summed E-state index contributed by atoms with van der Waals surface area (Å²) in [5.74, 6) is 0.317. The average molecular weight is 304 g/mol. The molecule has 0 radical (unpaired) electrons. The summed E-state index contributed by atoms with van der Waals surface area (Å²) >= 11 is 0. The number of ether oxygens (including phenoxy) is 1. The van der Waals surface area contributed by atoms with Gasteiger partial charge in [-0.05, 0) is 31.4 Å². The van der Waals surface area contributed by atoms with Crippen LogP contribution < -0.4 is 0 Å². The highest BCUT2D eigenvalue weighted by Crippen LogP contribution is 2.32. The van der Waals surface area contributed by atoms with E-state index in [1.54, 1.807) is 6.20 Å². The standard InChI is InChI=1S/C17H24N2O3/c20-16-6-3-5-14(16)15-12-22-11-10-19(15)17(21)8-7-13-4-1-2-9-18-13/h1-2,4,9,14-16,20H,3,5-8,10-12H2. The second-order valence-corrected chi connectivity index (χ2v) is 6.21. The summed E-state index contributed by atoms with van der Waals surface area (Å²) in [6.45, 7) is 1.78. The molecule has 1 aliphatic heterocycles. The van der Waals surface area contributed by atoms with Crippen molar-refractivity contribution in [3.63, 3.8) is 0 Å². The highest BCUT2D eigenvalue weighted by atomic mass is 16.5. The molecule has 2 heterocycles. The van der Waals surface area contributed by atoms with Crippen LogP contribution in [0.4, 0.5) is 0 Å². The summed E-state index contributed by atoms with van der Waals surface area (Å²) in [7, 11) is 0. The topological polar surface area (TPSA) is 62.7 Å². The van der Waals surface area contributed by atoms with E-state index in [9.17, 15) is 9.90 Å². The van der Waals surface area contributed by atoms with Gasteiger partial charge in [0.25, 0.3) is 0 Å². The molecular formula is C17H24N2O3. The van der Waals surface area contributed by atoms with E-state index in [1.165, 1.54) is 0 Å². The van der Waals surface area contributed by atoms with E-state index < -0.39 is 0 Å². The molecule has 3 atom stereocenters. The number of pyridine rings is 1. The second-order valence-electron chi connectivity index (χ2n) is 6.21. The van der Waals surface area contributed by atoms with Crippen molar-refractivity contribution in [2.45, 2.75) is 44.2 Å². The van der Waals surface area contributed by atoms with Crippen LogP contribution in [0.5, 0.6) is 0 Å². The molecule has 2 fully saturated rings. The molecule has 1 saturated heterocycles. The lowest BCUT2D eigenvalue weighted by molar-refractivity contribution is -0.143. The Kier molecular flexibility index (Phi) is 5.05. The maximum atomic E-state index is 12.6. The van der Waals surface area contributed by atoms with E-state index in [4.69, 9.17) is 4.74 Å². The fraction of sp³-hybridized carbons (Fsp3) is 0.647. The average Bonchev–Trinajstić information content (AvgIpc) is 2.99. The van der Waals surface area contributed by atoms with Crippen LogP contribution >= 0.6 is 0 Å². The van der Waals surface area contributed by atoms with E-state index in [1.807, 2.05) is 23.1 Å². The molecule has 1 aliphatic carbocycles. The van der Waals surface area contributed by atoms with Crippen LogP contribution in [0.15, 0.2) is 24.4 Å². The molecule has 1 amide bonds. The number of aliphatic hydroxyl groups excluding tert-OH is 1. The lowest BCUT2D eigenvalue weighted by Gasteiger charge is -2.40. The van der Waals surface area contributed by atoms with Gasteiger partial charge in [0.2, 0.25) is 5.91 Å². The molecule has 1 aromatic rings. The first-order valence-corrected chi connectivity index (χ1v) is 8.21. The minimum absolute atomic E-state index is 0.0301. The smallest absolute Gasteiger partial charge is 0.223 e. The first-order chi connectivity index (χ1) is 10.8. The molecule has 0 spiro atoms. The number of morpholine rings is 1. The van der Waals surface area contributed by atoms with Gasteiger partial charge in [-0.2, -0.15) is 0 Å². The largest absolute Gasteiger partial charge is 0.393 e. The summed E-state index contributed by atoms with van der Waals surface area (Å²) in [5.41, 5.74) is 0.946. The van der Waals surface area contributed by atoms with Crippen molar-refractivity contribution >= 4 is 5.91 Å². The number of aliphatic hydroxyl groups is 1. The molecule has 5 nitrogen and oxygen atoms in total. The Balaban J connectivity index is 1.61. The Bertz CT molecular complexity index is 494. The molecule has 2 aliphatic rings. The molecule has 0 aromatic carbocycles. The van der Waals surface area contributed by atoms with Gasteiger partial charge in [-0.15, -0.1) is 0 Å². The zero-order chi connectivity index (χ0) is 15.4. The first-order valence-electron chi connectivity index (χ1n) is 8.21. The number of aryl methyl sites for hydroxylation is 1. The van der Waals surface area contributed by atoms with Gasteiger partial charge in [0.15, 0.2) is 0 Å². The lowest BCUT2D eigenvalue weighted by atomic mass is 9.94. The van der Waals surface area contributed by atoms with E-state index in [0.29, 0.717) is 32.6 Å². The molecule has 1 N–H and O–H groups in total. The molecular weight excluding hydrogens is 280 g/mol. The number of carbonyl (C=O) groups excluding carboxylic acids is 1. The minimum atomic E-state index is -0.294. The quantitative estimate of drug-likeness (QED) is 0.913. The third kappa shape index (κ3) is 3.47. The molecule has 5 heteroatoms. The molecule has 1 aromatic heterocycles. The normalized spacial score (nSPS) is 28.8. The number of carbonyl (C=O) groups is 1. The highest BCUT2D eigenvalue weighted by Gasteiger charge is 2.39. The monoisotopic (exact) mass is 304 g/mol. The zero-order valence-electron chi connectivity index (χ0n) is 12.9. The maximum absolute atomic E-state index is 12.6. The van der Waals surface area contributed by atoms with Crippen molar-refractivity contribution in [1.82, 2.24) is 9.88 Å². The summed E-state index contributed by atoms with van der Waals surface area (Å²) in [6.07, 6.45) is 5.46. The SMILES string of the molecule is O=C(CCc1ccccn1)N1CCOCC1C1CCCC1O. The van der Waals surface area contributed by atoms with Gasteiger partial charge in [-0.25, -0.2) is 0 Å². The van der Waals surface area contributed by atoms with Gasteiger partial charge >= 0.3 is 0 Å². The molecule has 3 unspecified atom stereocenters. The predicted molar refractivity (Wildman–Crippen MR) is 82.2 cm³/mol. The summed E-state index contributed by atoms with van der Waals surface area (Å²) in [6, 6.07) is 5.80. The van der Waals surface area contributed by atoms with Crippen LogP contribution in [-0.2, 0) is 16.0 Å². The van der Waals surface area contributed by atoms with Crippen molar-refractivity contribution in [2.24, 2.45) is 5.92 Å². The minimum Gasteiger partial charge on any atom is -0.393 e. The van der Waals surface area contributed by atoms with Crippen LogP contribution in [0.2, 0.25) is 0 Å².